The molecule has 0 aliphatic carbocycles. The van der Waals surface area contributed by atoms with Gasteiger partial charge in [0.15, 0.2) is 0 Å². The highest BCUT2D eigenvalue weighted by molar-refractivity contribution is 5.80. The Labute approximate surface area is 72.5 Å². The number of ether oxygens (including phenoxy) is 1. The van der Waals surface area contributed by atoms with Gasteiger partial charge < -0.3 is 15.8 Å². The Morgan fingerprint density at radius 2 is 2.58 bits per heavy atom. The number of nitrogens with two attached hydrogens (primary N) is 1. The van der Waals surface area contributed by atoms with Crippen molar-refractivity contribution in [3.05, 3.63) is 0 Å². The van der Waals surface area contributed by atoms with E-state index in [-0.39, 0.29) is 12.0 Å². The summed E-state index contributed by atoms with van der Waals surface area (Å²) in [6.45, 7) is 3.09. The van der Waals surface area contributed by atoms with Crippen molar-refractivity contribution in [1.29, 1.82) is 0 Å². The molecular weight excluding hydrogens is 156 g/mol. The summed E-state index contributed by atoms with van der Waals surface area (Å²) in [6, 6.07) is -0.425. The van der Waals surface area contributed by atoms with Gasteiger partial charge in [0.2, 0.25) is 5.91 Å². The number of hydrogen-bond acceptors (Lipinski definition) is 3. The second-order valence-corrected chi connectivity index (χ2v) is 3.17. The molecule has 0 saturated carbocycles. The van der Waals surface area contributed by atoms with Crippen molar-refractivity contribution in [2.45, 2.75) is 31.9 Å². The second kappa shape index (κ2) is 4.42. The van der Waals surface area contributed by atoms with Crippen molar-refractivity contribution in [2.24, 2.45) is 5.73 Å². The Morgan fingerprint density at radius 1 is 1.83 bits per heavy atom. The number of carbonyl (C=O) groups is 1. The Morgan fingerprint density at radius 3 is 3.08 bits per heavy atom. The molecule has 1 aliphatic rings. The van der Waals surface area contributed by atoms with E-state index in [1.165, 1.54) is 0 Å². The minimum Gasteiger partial charge on any atom is -0.376 e. The maximum Gasteiger partial charge on any atom is 0.236 e. The van der Waals surface area contributed by atoms with Gasteiger partial charge in [-0.2, -0.15) is 0 Å². The standard InChI is InChI=1S/C8H16N2O2/c1-6(9)8(11)10-5-7-3-2-4-12-7/h6-7H,2-5,9H2,1H3,(H,10,11)/t6-,7-/m0/s1. The lowest BCUT2D eigenvalue weighted by atomic mass is 10.2. The fraction of sp³-hybridized carbons (Fsp3) is 0.875. The SMILES string of the molecule is C[C@H](N)C(=O)NC[C@@H]1CCCO1. The average Bonchev–Trinajstić information content (AvgIpc) is 2.51. The zero-order valence-corrected chi connectivity index (χ0v) is 7.38. The topological polar surface area (TPSA) is 64.4 Å². The Kier molecular flexibility index (Phi) is 3.49. The molecule has 3 N–H and O–H groups in total. The molecule has 0 bridgehead atoms. The molecule has 1 fully saturated rings. The Hall–Kier alpha value is -0.610. The third-order valence-corrected chi connectivity index (χ3v) is 1.94. The summed E-state index contributed by atoms with van der Waals surface area (Å²) < 4.78 is 5.33. The molecule has 0 radical (unpaired) electrons. The van der Waals surface area contributed by atoms with E-state index < -0.39 is 6.04 Å². The number of hydrogen-bond donors (Lipinski definition) is 2. The monoisotopic (exact) mass is 172 g/mol. The van der Waals surface area contributed by atoms with E-state index in [1.54, 1.807) is 6.92 Å². The Balaban J connectivity index is 2.12. The molecule has 4 nitrogen and oxygen atoms in total. The van der Waals surface area contributed by atoms with Crippen LogP contribution in [0, 0.1) is 0 Å². The number of nitrogens with one attached hydrogen (secondary N) is 1. The maximum absolute atomic E-state index is 11.0. The van der Waals surface area contributed by atoms with E-state index in [0.29, 0.717) is 6.54 Å². The molecule has 1 amide bonds. The van der Waals surface area contributed by atoms with Crippen molar-refractivity contribution >= 4 is 5.91 Å². The van der Waals surface area contributed by atoms with E-state index in [4.69, 9.17) is 10.5 Å². The first kappa shape index (κ1) is 9.48. The minimum absolute atomic E-state index is 0.106. The zero-order valence-electron chi connectivity index (χ0n) is 7.38. The van der Waals surface area contributed by atoms with Gasteiger partial charge in [0.25, 0.3) is 0 Å². The first-order valence-corrected chi connectivity index (χ1v) is 4.35. The highest BCUT2D eigenvalue weighted by atomic mass is 16.5. The summed E-state index contributed by atoms with van der Waals surface area (Å²) in [4.78, 5) is 11.0. The van der Waals surface area contributed by atoms with Crippen LogP contribution in [0.25, 0.3) is 0 Å². The largest absolute Gasteiger partial charge is 0.376 e. The van der Waals surface area contributed by atoms with E-state index in [1.807, 2.05) is 0 Å². The molecule has 1 saturated heterocycles. The van der Waals surface area contributed by atoms with Crippen LogP contribution in [0.2, 0.25) is 0 Å². The number of carbonyl (C=O) groups excluding carboxylic acids is 1. The van der Waals surface area contributed by atoms with Crippen molar-refractivity contribution < 1.29 is 9.53 Å². The van der Waals surface area contributed by atoms with Gasteiger partial charge >= 0.3 is 0 Å². The first-order chi connectivity index (χ1) is 5.70. The summed E-state index contributed by atoms with van der Waals surface area (Å²) in [5.74, 6) is -0.106. The van der Waals surface area contributed by atoms with Gasteiger partial charge in [-0.3, -0.25) is 4.79 Å². The highest BCUT2D eigenvalue weighted by Crippen LogP contribution is 2.10. The summed E-state index contributed by atoms with van der Waals surface area (Å²) in [5, 5.41) is 2.74. The Bertz CT molecular complexity index is 153. The van der Waals surface area contributed by atoms with Gasteiger partial charge in [-0.15, -0.1) is 0 Å². The molecule has 1 heterocycles. The molecule has 0 aromatic carbocycles. The molecule has 4 heteroatoms. The van der Waals surface area contributed by atoms with Gasteiger partial charge in [-0.25, -0.2) is 0 Å². The normalized spacial score (nSPS) is 25.3. The molecule has 0 spiro atoms. The maximum atomic E-state index is 11.0. The van der Waals surface area contributed by atoms with E-state index in [0.717, 1.165) is 19.4 Å². The second-order valence-electron chi connectivity index (χ2n) is 3.17. The smallest absolute Gasteiger partial charge is 0.236 e. The van der Waals surface area contributed by atoms with Crippen LogP contribution in [-0.2, 0) is 9.53 Å². The van der Waals surface area contributed by atoms with E-state index >= 15 is 0 Å². The lowest BCUT2D eigenvalue weighted by Gasteiger charge is -2.11. The minimum atomic E-state index is -0.425. The predicted octanol–water partition coefficient (Wildman–Crippen LogP) is -0.371. The first-order valence-electron chi connectivity index (χ1n) is 4.35. The molecule has 0 unspecified atom stereocenters. The zero-order chi connectivity index (χ0) is 8.97. The van der Waals surface area contributed by atoms with Crippen LogP contribution in [-0.4, -0.2) is 31.2 Å². The fourth-order valence-corrected chi connectivity index (χ4v) is 1.18. The summed E-state index contributed by atoms with van der Waals surface area (Å²) >= 11 is 0. The predicted molar refractivity (Wildman–Crippen MR) is 45.6 cm³/mol. The summed E-state index contributed by atoms with van der Waals surface area (Å²) in [5.41, 5.74) is 5.37. The fourth-order valence-electron chi connectivity index (χ4n) is 1.18. The molecule has 0 aromatic rings. The van der Waals surface area contributed by atoms with Gasteiger partial charge in [-0.05, 0) is 19.8 Å². The van der Waals surface area contributed by atoms with Crippen molar-refractivity contribution in [2.75, 3.05) is 13.2 Å². The van der Waals surface area contributed by atoms with Crippen LogP contribution >= 0.6 is 0 Å². The van der Waals surface area contributed by atoms with Crippen molar-refractivity contribution in [1.82, 2.24) is 5.32 Å². The summed E-state index contributed by atoms with van der Waals surface area (Å²) in [6.07, 6.45) is 2.34. The lowest BCUT2D eigenvalue weighted by Crippen LogP contribution is -2.41. The van der Waals surface area contributed by atoms with Crippen molar-refractivity contribution in [3.63, 3.8) is 0 Å². The molecular formula is C8H16N2O2. The molecule has 1 aliphatic heterocycles. The average molecular weight is 172 g/mol. The third-order valence-electron chi connectivity index (χ3n) is 1.94. The van der Waals surface area contributed by atoms with Crippen LogP contribution in [0.1, 0.15) is 19.8 Å². The van der Waals surface area contributed by atoms with Gasteiger partial charge in [0.05, 0.1) is 12.1 Å². The third kappa shape index (κ3) is 2.79. The van der Waals surface area contributed by atoms with E-state index in [2.05, 4.69) is 5.32 Å². The quantitative estimate of drug-likeness (QED) is 0.610. The van der Waals surface area contributed by atoms with Crippen LogP contribution in [0.5, 0.6) is 0 Å². The van der Waals surface area contributed by atoms with Gasteiger partial charge in [0, 0.05) is 13.2 Å². The van der Waals surface area contributed by atoms with Crippen LogP contribution in [0.4, 0.5) is 0 Å². The lowest BCUT2D eigenvalue weighted by molar-refractivity contribution is -0.122. The molecule has 70 valence electrons. The summed E-state index contributed by atoms with van der Waals surface area (Å²) in [7, 11) is 0. The van der Waals surface area contributed by atoms with Crippen LogP contribution in [0.3, 0.4) is 0 Å². The molecule has 2 atom stereocenters. The highest BCUT2D eigenvalue weighted by Gasteiger charge is 2.16. The van der Waals surface area contributed by atoms with E-state index in [9.17, 15) is 4.79 Å². The number of rotatable bonds is 3. The van der Waals surface area contributed by atoms with Gasteiger partial charge in [-0.1, -0.05) is 0 Å². The molecule has 0 aromatic heterocycles. The molecule has 1 rings (SSSR count). The number of amides is 1. The molecule has 12 heavy (non-hydrogen) atoms. The van der Waals surface area contributed by atoms with Gasteiger partial charge in [0.1, 0.15) is 0 Å². The van der Waals surface area contributed by atoms with Crippen LogP contribution < -0.4 is 11.1 Å². The van der Waals surface area contributed by atoms with Crippen LogP contribution in [0.15, 0.2) is 0 Å². The van der Waals surface area contributed by atoms with Crippen molar-refractivity contribution in [3.8, 4) is 0 Å².